The highest BCUT2D eigenvalue weighted by molar-refractivity contribution is 6.31. The molecule has 0 radical (unpaired) electrons. The zero-order valence-corrected chi connectivity index (χ0v) is 24.3. The van der Waals surface area contributed by atoms with Crippen molar-refractivity contribution >= 4 is 23.1 Å². The lowest BCUT2D eigenvalue weighted by Gasteiger charge is -2.60. The van der Waals surface area contributed by atoms with Crippen LogP contribution < -0.4 is 0 Å². The van der Waals surface area contributed by atoms with Crippen LogP contribution >= 0.6 is 0 Å². The van der Waals surface area contributed by atoms with Crippen molar-refractivity contribution in [3.8, 4) is 0 Å². The molecule has 4 atom stereocenters. The molecular weight excluding hydrogens is 472 g/mol. The summed E-state index contributed by atoms with van der Waals surface area (Å²) in [6.07, 6.45) is 9.30. The van der Waals surface area contributed by atoms with Crippen LogP contribution in [0, 0.1) is 35.0 Å². The van der Waals surface area contributed by atoms with Gasteiger partial charge in [0.05, 0.1) is 16.9 Å². The fourth-order valence-electron chi connectivity index (χ4n) is 8.74. The van der Waals surface area contributed by atoms with Gasteiger partial charge in [-0.05, 0) is 111 Å². The normalized spacial score (nSPS) is 33.1. The third-order valence-electron chi connectivity index (χ3n) is 10.7. The van der Waals surface area contributed by atoms with Crippen LogP contribution in [-0.2, 0) is 27.2 Å². The number of rotatable bonds is 4. The minimum Gasteiger partial charge on any atom is -0.298 e. The summed E-state index contributed by atoms with van der Waals surface area (Å²) in [5, 5.41) is 0. The molecule has 0 spiro atoms. The van der Waals surface area contributed by atoms with Crippen molar-refractivity contribution in [1.29, 1.82) is 0 Å². The number of carbonyl (C=O) groups excluding carboxylic acids is 4. The molecule has 0 saturated heterocycles. The quantitative estimate of drug-likeness (QED) is 0.250. The molecule has 202 valence electrons. The first kappa shape index (κ1) is 27.0. The summed E-state index contributed by atoms with van der Waals surface area (Å²) in [6.45, 7) is 15.5. The Balaban J connectivity index is 1.67. The van der Waals surface area contributed by atoms with Crippen molar-refractivity contribution in [2.75, 3.05) is 0 Å². The van der Waals surface area contributed by atoms with Gasteiger partial charge in [-0.1, -0.05) is 51.5 Å². The fourth-order valence-corrected chi connectivity index (χ4v) is 8.74. The summed E-state index contributed by atoms with van der Waals surface area (Å²) in [5.74, 6) is -1.13. The Bertz CT molecular complexity index is 1350. The lowest BCUT2D eigenvalue weighted by Crippen LogP contribution is -2.65. The third-order valence-corrected chi connectivity index (χ3v) is 10.7. The van der Waals surface area contributed by atoms with Crippen LogP contribution in [0.2, 0.25) is 0 Å². The Hall–Kier alpha value is -2.62. The van der Waals surface area contributed by atoms with Gasteiger partial charge in [0.25, 0.3) is 0 Å². The van der Waals surface area contributed by atoms with Crippen molar-refractivity contribution < 1.29 is 19.2 Å². The highest BCUT2D eigenvalue weighted by Crippen LogP contribution is 2.65. The average molecular weight is 515 g/mol. The lowest BCUT2D eigenvalue weighted by atomic mass is 9.40. The average Bonchev–Trinajstić information content (AvgIpc) is 3.30. The first-order chi connectivity index (χ1) is 17.7. The summed E-state index contributed by atoms with van der Waals surface area (Å²) in [4.78, 5) is 55.5. The Morgan fingerprint density at radius 3 is 2.24 bits per heavy atom. The van der Waals surface area contributed by atoms with E-state index >= 15 is 0 Å². The van der Waals surface area contributed by atoms with Gasteiger partial charge in [0.1, 0.15) is 0 Å². The molecule has 4 aliphatic carbocycles. The maximum atomic E-state index is 14.5. The minimum absolute atomic E-state index is 0.115. The maximum absolute atomic E-state index is 14.5. The van der Waals surface area contributed by atoms with Gasteiger partial charge in [-0.2, -0.15) is 0 Å². The molecule has 38 heavy (non-hydrogen) atoms. The summed E-state index contributed by atoms with van der Waals surface area (Å²) < 4.78 is 0. The van der Waals surface area contributed by atoms with Gasteiger partial charge in [-0.25, -0.2) is 0 Å². The predicted octanol–water partition coefficient (Wildman–Crippen LogP) is 6.85. The summed E-state index contributed by atoms with van der Waals surface area (Å²) in [7, 11) is 0. The van der Waals surface area contributed by atoms with Crippen molar-refractivity contribution in [2.45, 2.75) is 99.8 Å². The molecule has 5 rings (SSSR count). The number of benzene rings is 1. The number of Topliss-reactive ketones (excluding diaryl/α,β-unsaturated/α-hetero) is 4. The van der Waals surface area contributed by atoms with E-state index in [1.54, 1.807) is 6.92 Å². The summed E-state index contributed by atoms with van der Waals surface area (Å²) in [5.41, 5.74) is 3.60. The molecule has 0 heterocycles. The first-order valence-electron chi connectivity index (χ1n) is 14.3. The number of allylic oxidation sites excluding steroid dienone is 4. The molecule has 0 aliphatic heterocycles. The van der Waals surface area contributed by atoms with E-state index in [4.69, 9.17) is 0 Å². The van der Waals surface area contributed by atoms with Crippen LogP contribution in [0.5, 0.6) is 0 Å². The zero-order chi connectivity index (χ0) is 27.9. The van der Waals surface area contributed by atoms with Crippen LogP contribution in [0.3, 0.4) is 0 Å². The van der Waals surface area contributed by atoms with E-state index in [-0.39, 0.29) is 34.6 Å². The van der Waals surface area contributed by atoms with Crippen LogP contribution in [-0.4, -0.2) is 23.1 Å². The second kappa shape index (κ2) is 8.69. The van der Waals surface area contributed by atoms with E-state index in [9.17, 15) is 19.2 Å². The maximum Gasteiger partial charge on any atom is 0.180 e. The molecule has 1 fully saturated rings. The minimum atomic E-state index is -1.38. The molecule has 0 N–H and O–H groups in total. The summed E-state index contributed by atoms with van der Waals surface area (Å²) in [6, 6.07) is 2.33. The van der Waals surface area contributed by atoms with Gasteiger partial charge in [0.2, 0.25) is 0 Å². The van der Waals surface area contributed by atoms with Crippen molar-refractivity contribution in [1.82, 2.24) is 0 Å². The van der Waals surface area contributed by atoms with Crippen molar-refractivity contribution in [3.05, 3.63) is 57.2 Å². The second-order valence-electron chi connectivity index (χ2n) is 13.8. The van der Waals surface area contributed by atoms with E-state index < -0.39 is 22.2 Å². The van der Waals surface area contributed by atoms with Gasteiger partial charge >= 0.3 is 0 Å². The van der Waals surface area contributed by atoms with Gasteiger partial charge in [-0.15, -0.1) is 0 Å². The number of carbonyl (C=O) groups is 4. The number of hydrogen-bond donors (Lipinski definition) is 0. The van der Waals surface area contributed by atoms with E-state index in [1.165, 1.54) is 18.1 Å². The smallest absolute Gasteiger partial charge is 0.180 e. The van der Waals surface area contributed by atoms with Gasteiger partial charge in [0, 0.05) is 5.56 Å². The number of fused-ring (bicyclic) bond motifs is 3. The van der Waals surface area contributed by atoms with E-state index in [0.717, 1.165) is 41.5 Å². The molecule has 1 aromatic carbocycles. The van der Waals surface area contributed by atoms with E-state index in [1.807, 2.05) is 20.8 Å². The van der Waals surface area contributed by atoms with Crippen LogP contribution in [0.4, 0.5) is 0 Å². The molecule has 4 nitrogen and oxygen atoms in total. The molecule has 1 aromatic rings. The predicted molar refractivity (Wildman–Crippen MR) is 149 cm³/mol. The molecule has 4 heteroatoms. The molecule has 0 amide bonds. The van der Waals surface area contributed by atoms with Crippen LogP contribution in [0.1, 0.15) is 113 Å². The standard InChI is InChI=1S/C34H42O4/c1-18(2)24-14-23(13-22-11-9-10-12-22)20(4)27-25(24)16-32(6)17-33(7)15-19(3)26(21(5)35)30(37)34(33,8)31(38)28(32)29(27)36/h9-10,14,18,22,28H,11-13,15-17H2,1-8H3. The molecular formula is C34H42O4. The lowest BCUT2D eigenvalue weighted by molar-refractivity contribution is -0.163. The van der Waals surface area contributed by atoms with E-state index in [0.29, 0.717) is 25.2 Å². The molecule has 4 unspecified atom stereocenters. The van der Waals surface area contributed by atoms with E-state index in [2.05, 4.69) is 39.0 Å². The first-order valence-corrected chi connectivity index (χ1v) is 14.3. The Morgan fingerprint density at radius 2 is 1.66 bits per heavy atom. The third kappa shape index (κ3) is 3.54. The highest BCUT2D eigenvalue weighted by atomic mass is 16.2. The molecule has 1 saturated carbocycles. The van der Waals surface area contributed by atoms with Gasteiger partial charge in [0.15, 0.2) is 23.1 Å². The Kier molecular flexibility index (Phi) is 6.17. The SMILES string of the molecule is CC(=O)C1=C(C)CC2(C)CC3(C)Cc4c(C(C)C)cc(CC5CC=CC5)c(C)c4C(=O)C3C(=O)C2(C)C1=O. The Labute approximate surface area is 227 Å². The zero-order valence-electron chi connectivity index (χ0n) is 24.3. The second-order valence-corrected chi connectivity index (χ2v) is 13.8. The Morgan fingerprint density at radius 1 is 1.03 bits per heavy atom. The monoisotopic (exact) mass is 514 g/mol. The van der Waals surface area contributed by atoms with Gasteiger partial charge in [-0.3, -0.25) is 19.2 Å². The molecule has 0 bridgehead atoms. The van der Waals surface area contributed by atoms with Crippen molar-refractivity contribution in [2.24, 2.45) is 28.1 Å². The number of hydrogen-bond acceptors (Lipinski definition) is 4. The summed E-state index contributed by atoms with van der Waals surface area (Å²) >= 11 is 0. The fraction of sp³-hybridized carbons (Fsp3) is 0.588. The molecule has 4 aliphatic rings. The topological polar surface area (TPSA) is 68.3 Å². The molecule has 0 aromatic heterocycles. The van der Waals surface area contributed by atoms with Gasteiger partial charge < -0.3 is 0 Å². The van der Waals surface area contributed by atoms with Crippen molar-refractivity contribution in [3.63, 3.8) is 0 Å². The number of ketones is 4. The van der Waals surface area contributed by atoms with Crippen LogP contribution in [0.15, 0.2) is 29.4 Å². The van der Waals surface area contributed by atoms with Crippen LogP contribution in [0.25, 0.3) is 0 Å². The largest absolute Gasteiger partial charge is 0.298 e. The highest BCUT2D eigenvalue weighted by Gasteiger charge is 2.69.